The van der Waals surface area contributed by atoms with Crippen LogP contribution in [-0.4, -0.2) is 20.3 Å². The average molecular weight is 329 g/mol. The maximum absolute atomic E-state index is 12.5. The number of aryl methyl sites for hydroxylation is 2. The normalized spacial score (nSPS) is 12.3. The molecule has 1 aromatic carbocycles. The molecule has 0 radical (unpaired) electrons. The monoisotopic (exact) mass is 328 g/mol. The van der Waals surface area contributed by atoms with Crippen molar-refractivity contribution >= 4 is 23.2 Å². The molecule has 0 spiro atoms. The van der Waals surface area contributed by atoms with Crippen LogP contribution in [0.1, 0.15) is 40.4 Å². The zero-order valence-electron chi connectivity index (χ0n) is 13.2. The van der Waals surface area contributed by atoms with Gasteiger partial charge in [-0.2, -0.15) is 0 Å². The summed E-state index contributed by atoms with van der Waals surface area (Å²) in [6.07, 6.45) is 1.62. The summed E-state index contributed by atoms with van der Waals surface area (Å²) < 4.78 is 1.81. The molecule has 0 aliphatic rings. The maximum atomic E-state index is 12.5. The third-order valence-electron chi connectivity index (χ3n) is 3.75. The molecule has 1 atom stereocenters. The molecule has 23 heavy (non-hydrogen) atoms. The SMILES string of the molecule is Cc1cc(C)n2cnc(C(=O)N[C@H](C)c3ccc(Cl)cc3)c2n1. The van der Waals surface area contributed by atoms with Crippen LogP contribution in [0, 0.1) is 13.8 Å². The minimum absolute atomic E-state index is 0.151. The predicted molar refractivity (Wildman–Crippen MR) is 89.8 cm³/mol. The van der Waals surface area contributed by atoms with Gasteiger partial charge in [-0.05, 0) is 44.5 Å². The molecular weight excluding hydrogens is 312 g/mol. The van der Waals surface area contributed by atoms with Crippen LogP contribution in [0.2, 0.25) is 5.02 Å². The molecule has 5 nitrogen and oxygen atoms in total. The predicted octanol–water partition coefficient (Wildman–Crippen LogP) is 3.49. The van der Waals surface area contributed by atoms with Gasteiger partial charge in [-0.3, -0.25) is 9.20 Å². The van der Waals surface area contributed by atoms with Crippen molar-refractivity contribution in [3.63, 3.8) is 0 Å². The Morgan fingerprint density at radius 2 is 1.96 bits per heavy atom. The van der Waals surface area contributed by atoms with E-state index in [-0.39, 0.29) is 11.9 Å². The van der Waals surface area contributed by atoms with Crippen molar-refractivity contribution in [3.8, 4) is 0 Å². The number of carbonyl (C=O) groups is 1. The molecule has 6 heteroatoms. The Balaban J connectivity index is 1.87. The van der Waals surface area contributed by atoms with E-state index in [2.05, 4.69) is 15.3 Å². The van der Waals surface area contributed by atoms with Crippen molar-refractivity contribution in [1.29, 1.82) is 0 Å². The van der Waals surface area contributed by atoms with Gasteiger partial charge in [-0.1, -0.05) is 23.7 Å². The Hall–Kier alpha value is -2.40. The molecule has 2 heterocycles. The van der Waals surface area contributed by atoms with Crippen LogP contribution in [0.25, 0.3) is 5.65 Å². The molecule has 0 aliphatic carbocycles. The molecule has 0 aliphatic heterocycles. The fourth-order valence-corrected chi connectivity index (χ4v) is 2.66. The van der Waals surface area contributed by atoms with Crippen molar-refractivity contribution < 1.29 is 4.79 Å². The highest BCUT2D eigenvalue weighted by Gasteiger charge is 2.18. The maximum Gasteiger partial charge on any atom is 0.274 e. The summed E-state index contributed by atoms with van der Waals surface area (Å²) in [5.41, 5.74) is 3.73. The van der Waals surface area contributed by atoms with Crippen LogP contribution >= 0.6 is 11.6 Å². The third kappa shape index (κ3) is 3.05. The van der Waals surface area contributed by atoms with Gasteiger partial charge in [0.1, 0.15) is 6.33 Å². The lowest BCUT2D eigenvalue weighted by molar-refractivity contribution is 0.0937. The minimum atomic E-state index is -0.243. The molecule has 3 aromatic rings. The number of carbonyl (C=O) groups excluding carboxylic acids is 1. The number of nitrogens with one attached hydrogen (secondary N) is 1. The summed E-state index contributed by atoms with van der Waals surface area (Å²) in [7, 11) is 0. The second-order valence-electron chi connectivity index (χ2n) is 5.57. The minimum Gasteiger partial charge on any atom is -0.344 e. The van der Waals surface area contributed by atoms with Gasteiger partial charge in [0.15, 0.2) is 11.3 Å². The summed E-state index contributed by atoms with van der Waals surface area (Å²) in [6.45, 7) is 5.78. The van der Waals surface area contributed by atoms with Gasteiger partial charge in [0, 0.05) is 16.4 Å². The zero-order chi connectivity index (χ0) is 16.6. The Morgan fingerprint density at radius 3 is 2.65 bits per heavy atom. The van der Waals surface area contributed by atoms with Crippen LogP contribution in [0.3, 0.4) is 0 Å². The highest BCUT2D eigenvalue weighted by molar-refractivity contribution is 6.30. The first kappa shape index (κ1) is 15.5. The van der Waals surface area contributed by atoms with E-state index in [1.807, 2.05) is 43.4 Å². The van der Waals surface area contributed by atoms with Crippen LogP contribution in [-0.2, 0) is 0 Å². The second kappa shape index (κ2) is 6.01. The molecular formula is C17H17ClN4O. The molecule has 0 saturated heterocycles. The van der Waals surface area contributed by atoms with Gasteiger partial charge < -0.3 is 5.32 Å². The lowest BCUT2D eigenvalue weighted by atomic mass is 10.1. The number of imidazole rings is 1. The van der Waals surface area contributed by atoms with Crippen molar-refractivity contribution in [2.24, 2.45) is 0 Å². The van der Waals surface area contributed by atoms with Crippen LogP contribution in [0.15, 0.2) is 36.7 Å². The van der Waals surface area contributed by atoms with E-state index in [0.717, 1.165) is 17.0 Å². The number of hydrogen-bond acceptors (Lipinski definition) is 3. The van der Waals surface area contributed by atoms with E-state index < -0.39 is 0 Å². The quantitative estimate of drug-likeness (QED) is 0.800. The van der Waals surface area contributed by atoms with Crippen LogP contribution in [0.5, 0.6) is 0 Å². The first-order chi connectivity index (χ1) is 11.0. The first-order valence-corrected chi connectivity index (χ1v) is 7.71. The lowest BCUT2D eigenvalue weighted by Crippen LogP contribution is -2.27. The number of nitrogens with zero attached hydrogens (tertiary/aromatic N) is 3. The fourth-order valence-electron chi connectivity index (χ4n) is 2.54. The molecule has 0 bridgehead atoms. The molecule has 2 aromatic heterocycles. The Morgan fingerprint density at radius 1 is 1.26 bits per heavy atom. The Kier molecular flexibility index (Phi) is 4.05. The number of halogens is 1. The highest BCUT2D eigenvalue weighted by Crippen LogP contribution is 2.17. The van der Waals surface area contributed by atoms with Crippen LogP contribution < -0.4 is 5.32 Å². The number of benzene rings is 1. The molecule has 0 fully saturated rings. The number of hydrogen-bond donors (Lipinski definition) is 1. The molecule has 0 unspecified atom stereocenters. The van der Waals surface area contributed by atoms with Gasteiger partial charge >= 0.3 is 0 Å². The van der Waals surface area contributed by atoms with E-state index in [1.165, 1.54) is 0 Å². The van der Waals surface area contributed by atoms with Crippen molar-refractivity contribution in [3.05, 3.63) is 64.3 Å². The van der Waals surface area contributed by atoms with Gasteiger partial charge in [-0.15, -0.1) is 0 Å². The smallest absolute Gasteiger partial charge is 0.274 e. The fraction of sp³-hybridized carbons (Fsp3) is 0.235. The summed E-state index contributed by atoms with van der Waals surface area (Å²) in [6, 6.07) is 9.20. The van der Waals surface area contributed by atoms with Gasteiger partial charge in [0.05, 0.1) is 6.04 Å². The summed E-state index contributed by atoms with van der Waals surface area (Å²) >= 11 is 5.89. The molecule has 0 saturated carbocycles. The Labute approximate surface area is 139 Å². The lowest BCUT2D eigenvalue weighted by Gasteiger charge is -2.13. The van der Waals surface area contributed by atoms with Crippen molar-refractivity contribution in [2.75, 3.05) is 0 Å². The van der Waals surface area contributed by atoms with Crippen LogP contribution in [0.4, 0.5) is 0 Å². The molecule has 1 amide bonds. The standard InChI is InChI=1S/C17H17ClN4O/c1-10-8-11(2)22-9-19-15(16(22)20-10)17(23)21-12(3)13-4-6-14(18)7-5-13/h4-9,12H,1-3H3,(H,21,23)/t12-/m1/s1. The van der Waals surface area contributed by atoms with Gasteiger partial charge in [0.2, 0.25) is 0 Å². The summed E-state index contributed by atoms with van der Waals surface area (Å²) in [4.78, 5) is 21.2. The van der Waals surface area contributed by atoms with E-state index in [0.29, 0.717) is 16.4 Å². The first-order valence-electron chi connectivity index (χ1n) is 7.33. The third-order valence-corrected chi connectivity index (χ3v) is 4.01. The summed E-state index contributed by atoms with van der Waals surface area (Å²) in [5.74, 6) is -0.243. The Bertz CT molecular complexity index is 870. The molecule has 118 valence electrons. The van der Waals surface area contributed by atoms with Gasteiger partial charge in [0.25, 0.3) is 5.91 Å². The number of rotatable bonds is 3. The highest BCUT2D eigenvalue weighted by atomic mass is 35.5. The van der Waals surface area contributed by atoms with Crippen molar-refractivity contribution in [1.82, 2.24) is 19.7 Å². The van der Waals surface area contributed by atoms with E-state index >= 15 is 0 Å². The topological polar surface area (TPSA) is 59.3 Å². The molecule has 3 rings (SSSR count). The number of amides is 1. The number of fused-ring (bicyclic) bond motifs is 1. The van der Waals surface area contributed by atoms with E-state index in [1.54, 1.807) is 18.5 Å². The molecule has 1 N–H and O–H groups in total. The number of aromatic nitrogens is 3. The summed E-state index contributed by atoms with van der Waals surface area (Å²) in [5, 5.41) is 3.62. The zero-order valence-corrected chi connectivity index (χ0v) is 13.9. The largest absolute Gasteiger partial charge is 0.344 e. The second-order valence-corrected chi connectivity index (χ2v) is 6.01. The average Bonchev–Trinajstić information content (AvgIpc) is 2.91. The van der Waals surface area contributed by atoms with Crippen molar-refractivity contribution in [2.45, 2.75) is 26.8 Å². The van der Waals surface area contributed by atoms with Gasteiger partial charge in [-0.25, -0.2) is 9.97 Å². The van der Waals surface area contributed by atoms with E-state index in [4.69, 9.17) is 11.6 Å². The van der Waals surface area contributed by atoms with E-state index in [9.17, 15) is 4.79 Å².